The van der Waals surface area contributed by atoms with Crippen molar-refractivity contribution in [2.45, 2.75) is 37.8 Å². The summed E-state index contributed by atoms with van der Waals surface area (Å²) in [4.78, 5) is 0. The summed E-state index contributed by atoms with van der Waals surface area (Å²) in [5.74, 6) is -2.40. The molecule has 3 aromatic rings. The number of allylic oxidation sites excluding steroid dienone is 1. The van der Waals surface area contributed by atoms with Gasteiger partial charge in [-0.05, 0) is 78.3 Å². The number of alkyl halides is 3. The van der Waals surface area contributed by atoms with Gasteiger partial charge in [-0.1, -0.05) is 24.3 Å². The Morgan fingerprint density at radius 3 is 2.18 bits per heavy atom. The highest BCUT2D eigenvalue weighted by molar-refractivity contribution is 5.89. The van der Waals surface area contributed by atoms with Crippen molar-refractivity contribution >= 4 is 10.8 Å². The van der Waals surface area contributed by atoms with E-state index in [-0.39, 0.29) is 27.8 Å². The smallest absolute Gasteiger partial charge is 0.422 e. The predicted molar refractivity (Wildman–Crippen MR) is 116 cm³/mol. The standard InChI is InChI=1S/C26H22F6O/c1-2-15-3-5-16(6-4-15)19-12-21(27)24(22(28)13-19)18-7-9-20-17(11-18)8-10-23(25(20)29)33-14-26(30,31)32/h2,7-13,15-16H,1,3-6,14H2. The molecule has 174 valence electrons. The molecule has 0 bridgehead atoms. The van der Waals surface area contributed by atoms with Gasteiger partial charge in [0, 0.05) is 5.39 Å². The largest absolute Gasteiger partial charge is 0.481 e. The second kappa shape index (κ2) is 9.12. The highest BCUT2D eigenvalue weighted by atomic mass is 19.4. The van der Waals surface area contributed by atoms with Crippen LogP contribution in [-0.4, -0.2) is 12.8 Å². The minimum atomic E-state index is -4.60. The van der Waals surface area contributed by atoms with E-state index in [1.165, 1.54) is 36.4 Å². The van der Waals surface area contributed by atoms with Crippen LogP contribution in [0.4, 0.5) is 26.3 Å². The lowest BCUT2D eigenvalue weighted by molar-refractivity contribution is -0.153. The summed E-state index contributed by atoms with van der Waals surface area (Å²) >= 11 is 0. The zero-order valence-corrected chi connectivity index (χ0v) is 17.7. The zero-order chi connectivity index (χ0) is 23.8. The fourth-order valence-electron chi connectivity index (χ4n) is 4.49. The molecule has 1 nitrogen and oxygen atoms in total. The molecule has 33 heavy (non-hydrogen) atoms. The fraction of sp³-hybridized carbons (Fsp3) is 0.308. The van der Waals surface area contributed by atoms with E-state index in [2.05, 4.69) is 11.3 Å². The topological polar surface area (TPSA) is 9.23 Å². The number of rotatable bonds is 5. The predicted octanol–water partition coefficient (Wildman–Crippen LogP) is 8.33. The van der Waals surface area contributed by atoms with E-state index in [4.69, 9.17) is 0 Å². The van der Waals surface area contributed by atoms with Crippen molar-refractivity contribution in [2.24, 2.45) is 5.92 Å². The maximum atomic E-state index is 15.0. The van der Waals surface area contributed by atoms with E-state index in [0.29, 0.717) is 11.5 Å². The van der Waals surface area contributed by atoms with Crippen molar-refractivity contribution in [1.82, 2.24) is 0 Å². The van der Waals surface area contributed by atoms with E-state index in [1.807, 2.05) is 6.08 Å². The molecule has 3 aromatic carbocycles. The summed E-state index contributed by atoms with van der Waals surface area (Å²) in [5, 5.41) is 0.282. The Hall–Kier alpha value is -2.96. The summed E-state index contributed by atoms with van der Waals surface area (Å²) in [6, 6.07) is 9.17. The van der Waals surface area contributed by atoms with Crippen LogP contribution in [-0.2, 0) is 0 Å². The van der Waals surface area contributed by atoms with Crippen LogP contribution in [0.2, 0.25) is 0 Å². The monoisotopic (exact) mass is 464 g/mol. The first-order chi connectivity index (χ1) is 15.7. The fourth-order valence-corrected chi connectivity index (χ4v) is 4.49. The van der Waals surface area contributed by atoms with Gasteiger partial charge in [0.15, 0.2) is 18.2 Å². The second-order valence-corrected chi connectivity index (χ2v) is 8.42. The minimum absolute atomic E-state index is 0.00478. The van der Waals surface area contributed by atoms with E-state index in [0.717, 1.165) is 31.7 Å². The first kappa shape index (κ1) is 23.2. The molecule has 0 spiro atoms. The number of benzene rings is 3. The maximum Gasteiger partial charge on any atom is 0.422 e. The molecular formula is C26H22F6O. The minimum Gasteiger partial charge on any atom is -0.481 e. The Kier molecular flexibility index (Phi) is 6.41. The number of hydrogen-bond donors (Lipinski definition) is 0. The molecular weight excluding hydrogens is 442 g/mol. The molecule has 0 aliphatic heterocycles. The molecule has 1 aliphatic carbocycles. The summed E-state index contributed by atoms with van der Waals surface area (Å²) < 4.78 is 86.2. The summed E-state index contributed by atoms with van der Waals surface area (Å²) in [6.45, 7) is 2.19. The van der Waals surface area contributed by atoms with E-state index in [1.54, 1.807) is 0 Å². The third-order valence-corrected chi connectivity index (χ3v) is 6.24. The van der Waals surface area contributed by atoms with Crippen LogP contribution in [0.25, 0.3) is 21.9 Å². The average molecular weight is 464 g/mol. The molecule has 0 aromatic heterocycles. The van der Waals surface area contributed by atoms with Crippen LogP contribution in [0.3, 0.4) is 0 Å². The summed E-state index contributed by atoms with van der Waals surface area (Å²) in [5.41, 5.74) is 0.607. The Balaban J connectivity index is 1.62. The van der Waals surface area contributed by atoms with Crippen LogP contribution < -0.4 is 4.74 Å². The molecule has 1 saturated carbocycles. The number of fused-ring (bicyclic) bond motifs is 1. The van der Waals surface area contributed by atoms with Crippen LogP contribution in [0.5, 0.6) is 5.75 Å². The summed E-state index contributed by atoms with van der Waals surface area (Å²) in [7, 11) is 0. The van der Waals surface area contributed by atoms with Gasteiger partial charge in [-0.15, -0.1) is 6.58 Å². The van der Waals surface area contributed by atoms with Gasteiger partial charge in [0.1, 0.15) is 11.6 Å². The molecule has 1 fully saturated rings. The molecule has 7 heteroatoms. The lowest BCUT2D eigenvalue weighted by atomic mass is 9.78. The van der Waals surface area contributed by atoms with Crippen molar-refractivity contribution in [3.05, 3.63) is 78.1 Å². The lowest BCUT2D eigenvalue weighted by Crippen LogP contribution is -2.19. The molecule has 0 unspecified atom stereocenters. The molecule has 0 N–H and O–H groups in total. The van der Waals surface area contributed by atoms with Gasteiger partial charge < -0.3 is 4.74 Å². The van der Waals surface area contributed by atoms with Gasteiger partial charge in [-0.25, -0.2) is 13.2 Å². The van der Waals surface area contributed by atoms with Gasteiger partial charge in [0.25, 0.3) is 0 Å². The quantitative estimate of drug-likeness (QED) is 0.272. The lowest BCUT2D eigenvalue weighted by Gasteiger charge is -2.27. The van der Waals surface area contributed by atoms with Crippen molar-refractivity contribution < 1.29 is 31.1 Å². The van der Waals surface area contributed by atoms with Gasteiger partial charge in [0.05, 0.1) is 5.56 Å². The molecule has 1 aliphatic rings. The molecule has 0 saturated heterocycles. The van der Waals surface area contributed by atoms with Gasteiger partial charge in [0.2, 0.25) is 0 Å². The van der Waals surface area contributed by atoms with Gasteiger partial charge in [-0.2, -0.15) is 13.2 Å². The molecule has 0 heterocycles. The molecule has 0 atom stereocenters. The third-order valence-electron chi connectivity index (χ3n) is 6.24. The summed E-state index contributed by atoms with van der Waals surface area (Å²) in [6.07, 6.45) is 0.867. The first-order valence-electron chi connectivity index (χ1n) is 10.7. The van der Waals surface area contributed by atoms with Crippen LogP contribution in [0.1, 0.15) is 37.2 Å². The van der Waals surface area contributed by atoms with Crippen LogP contribution >= 0.6 is 0 Å². The van der Waals surface area contributed by atoms with Crippen molar-refractivity contribution in [2.75, 3.05) is 6.61 Å². The van der Waals surface area contributed by atoms with Gasteiger partial charge >= 0.3 is 6.18 Å². The molecule has 4 rings (SSSR count). The molecule has 0 radical (unpaired) electrons. The van der Waals surface area contributed by atoms with Crippen LogP contribution in [0.15, 0.2) is 55.1 Å². The van der Waals surface area contributed by atoms with Gasteiger partial charge in [-0.3, -0.25) is 0 Å². The Morgan fingerprint density at radius 1 is 0.909 bits per heavy atom. The molecule has 0 amide bonds. The number of ether oxygens (including phenoxy) is 1. The first-order valence-corrected chi connectivity index (χ1v) is 10.7. The number of halogens is 6. The van der Waals surface area contributed by atoms with Crippen molar-refractivity contribution in [1.29, 1.82) is 0 Å². The highest BCUT2D eigenvalue weighted by Crippen LogP contribution is 2.39. The highest BCUT2D eigenvalue weighted by Gasteiger charge is 2.29. The Morgan fingerprint density at radius 2 is 1.58 bits per heavy atom. The van der Waals surface area contributed by atoms with Crippen molar-refractivity contribution in [3.8, 4) is 16.9 Å². The second-order valence-electron chi connectivity index (χ2n) is 8.42. The normalized spacial score (nSPS) is 19.0. The Labute approximate surface area is 187 Å². The SMILES string of the molecule is C=CC1CCC(c2cc(F)c(-c3ccc4c(F)c(OCC(F)(F)F)ccc4c3)c(F)c2)CC1. The third kappa shape index (κ3) is 5.02. The average Bonchev–Trinajstić information content (AvgIpc) is 2.77. The van der Waals surface area contributed by atoms with E-state index in [9.17, 15) is 26.3 Å². The maximum absolute atomic E-state index is 15.0. The Bertz CT molecular complexity index is 1150. The zero-order valence-electron chi connectivity index (χ0n) is 17.7. The van der Waals surface area contributed by atoms with E-state index < -0.39 is 36.0 Å². The van der Waals surface area contributed by atoms with E-state index >= 15 is 0 Å². The van der Waals surface area contributed by atoms with Crippen molar-refractivity contribution in [3.63, 3.8) is 0 Å². The number of hydrogen-bond acceptors (Lipinski definition) is 1. The van der Waals surface area contributed by atoms with Crippen LogP contribution in [0, 0.1) is 23.4 Å².